The molecule has 0 aliphatic heterocycles. The molecular formula is C23H23N3. The zero-order chi connectivity index (χ0) is 18.9. The highest BCUT2D eigenvalue weighted by Crippen LogP contribution is 2.17. The number of rotatable bonds is 6. The zero-order valence-electron chi connectivity index (χ0n) is 15.2. The zero-order valence-corrected chi connectivity index (χ0v) is 15.2. The van der Waals surface area contributed by atoms with Crippen LogP contribution in [0.2, 0.25) is 0 Å². The lowest BCUT2D eigenvalue weighted by Gasteiger charge is -2.10. The summed E-state index contributed by atoms with van der Waals surface area (Å²) < 4.78 is 0. The van der Waals surface area contributed by atoms with Gasteiger partial charge in [-0.25, -0.2) is 0 Å². The Balaban J connectivity index is 2.06. The van der Waals surface area contributed by atoms with Crippen molar-refractivity contribution in [2.75, 3.05) is 0 Å². The van der Waals surface area contributed by atoms with E-state index in [-0.39, 0.29) is 6.04 Å². The molecule has 0 saturated carbocycles. The maximum Gasteiger partial charge on any atom is 0.0947 e. The average Bonchev–Trinajstić information content (AvgIpc) is 2.64. The standard InChI is InChI=1S/C23H23N3/c1-17-3-7-19(8-4-17)11-21(15-24)13-23(26)14-22(16-25)12-20-9-5-18(2)6-10-20/h3-12,23H,13-14,26H2,1-2H3/b21-11-,22-12-. The molecule has 0 heterocycles. The van der Waals surface area contributed by atoms with E-state index in [1.54, 1.807) is 0 Å². The van der Waals surface area contributed by atoms with Gasteiger partial charge >= 0.3 is 0 Å². The first-order valence-corrected chi connectivity index (χ1v) is 8.60. The monoisotopic (exact) mass is 341 g/mol. The average molecular weight is 341 g/mol. The molecule has 0 aliphatic carbocycles. The van der Waals surface area contributed by atoms with E-state index in [2.05, 4.69) is 12.1 Å². The van der Waals surface area contributed by atoms with Crippen LogP contribution in [0.1, 0.15) is 35.1 Å². The summed E-state index contributed by atoms with van der Waals surface area (Å²) in [7, 11) is 0. The maximum absolute atomic E-state index is 9.39. The minimum absolute atomic E-state index is 0.275. The predicted molar refractivity (Wildman–Crippen MR) is 107 cm³/mol. The fourth-order valence-electron chi connectivity index (χ4n) is 2.64. The van der Waals surface area contributed by atoms with Gasteiger partial charge in [-0.3, -0.25) is 0 Å². The molecule has 0 bridgehead atoms. The third-order valence-corrected chi connectivity index (χ3v) is 4.09. The molecule has 130 valence electrons. The van der Waals surface area contributed by atoms with Gasteiger partial charge in [-0.05, 0) is 50.0 Å². The fraction of sp³-hybridized carbons (Fsp3) is 0.217. The Kier molecular flexibility index (Phi) is 6.92. The molecule has 26 heavy (non-hydrogen) atoms. The van der Waals surface area contributed by atoms with Crippen molar-refractivity contribution >= 4 is 12.2 Å². The molecule has 3 nitrogen and oxygen atoms in total. The topological polar surface area (TPSA) is 73.6 Å². The molecular weight excluding hydrogens is 318 g/mol. The molecule has 2 rings (SSSR count). The van der Waals surface area contributed by atoms with Gasteiger partial charge in [0.2, 0.25) is 0 Å². The molecule has 0 radical (unpaired) electrons. The van der Waals surface area contributed by atoms with Crippen LogP contribution in [0.4, 0.5) is 0 Å². The SMILES string of the molecule is Cc1ccc(/C=C(\C#N)CC(N)C/C(C#N)=C/c2ccc(C)cc2)cc1. The number of aryl methyl sites for hydroxylation is 2. The fourth-order valence-corrected chi connectivity index (χ4v) is 2.64. The van der Waals surface area contributed by atoms with E-state index in [1.165, 1.54) is 11.1 Å². The molecule has 2 aromatic rings. The van der Waals surface area contributed by atoms with E-state index >= 15 is 0 Å². The third-order valence-electron chi connectivity index (χ3n) is 4.09. The minimum atomic E-state index is -0.275. The summed E-state index contributed by atoms with van der Waals surface area (Å²) in [6.07, 6.45) is 4.60. The predicted octanol–water partition coefficient (Wildman–Crippen LogP) is 4.93. The summed E-state index contributed by atoms with van der Waals surface area (Å²) in [4.78, 5) is 0. The Morgan fingerprint density at radius 3 is 1.46 bits per heavy atom. The first-order chi connectivity index (χ1) is 12.5. The van der Waals surface area contributed by atoms with Crippen LogP contribution in [-0.2, 0) is 0 Å². The highest BCUT2D eigenvalue weighted by molar-refractivity contribution is 5.59. The molecule has 0 fully saturated rings. The quantitative estimate of drug-likeness (QED) is 0.757. The van der Waals surface area contributed by atoms with Gasteiger partial charge in [0.15, 0.2) is 0 Å². The molecule has 0 aliphatic rings. The van der Waals surface area contributed by atoms with Crippen LogP contribution >= 0.6 is 0 Å². The molecule has 0 saturated heterocycles. The molecule has 3 heteroatoms. The van der Waals surface area contributed by atoms with Crippen LogP contribution < -0.4 is 5.73 Å². The van der Waals surface area contributed by atoms with Gasteiger partial charge in [0.25, 0.3) is 0 Å². The Labute approximate surface area is 155 Å². The minimum Gasteiger partial charge on any atom is -0.327 e. The van der Waals surface area contributed by atoms with Crippen molar-refractivity contribution in [3.63, 3.8) is 0 Å². The van der Waals surface area contributed by atoms with Crippen molar-refractivity contribution in [3.8, 4) is 12.1 Å². The molecule has 0 amide bonds. The number of benzene rings is 2. The van der Waals surface area contributed by atoms with Crippen LogP contribution in [-0.4, -0.2) is 6.04 Å². The summed E-state index contributed by atoms with van der Waals surface area (Å²) in [5, 5.41) is 18.8. The number of nitriles is 2. The van der Waals surface area contributed by atoms with Crippen LogP contribution in [0.25, 0.3) is 12.2 Å². The van der Waals surface area contributed by atoms with Crippen molar-refractivity contribution in [2.24, 2.45) is 5.73 Å². The van der Waals surface area contributed by atoms with Gasteiger partial charge in [0, 0.05) is 17.2 Å². The smallest absolute Gasteiger partial charge is 0.0947 e. The summed E-state index contributed by atoms with van der Waals surface area (Å²) in [6, 6.07) is 20.1. The van der Waals surface area contributed by atoms with Crippen molar-refractivity contribution in [1.29, 1.82) is 10.5 Å². The van der Waals surface area contributed by atoms with Gasteiger partial charge < -0.3 is 5.73 Å². The second kappa shape index (κ2) is 9.37. The normalized spacial score (nSPS) is 13.0. The first-order valence-electron chi connectivity index (χ1n) is 8.60. The second-order valence-electron chi connectivity index (χ2n) is 6.55. The summed E-state index contributed by atoms with van der Waals surface area (Å²) in [6.45, 7) is 4.05. The van der Waals surface area contributed by atoms with Crippen LogP contribution in [0.5, 0.6) is 0 Å². The van der Waals surface area contributed by atoms with E-state index in [1.807, 2.05) is 74.5 Å². The summed E-state index contributed by atoms with van der Waals surface area (Å²) in [5.74, 6) is 0. The summed E-state index contributed by atoms with van der Waals surface area (Å²) in [5.41, 5.74) is 11.8. The molecule has 0 atom stereocenters. The Morgan fingerprint density at radius 2 is 1.15 bits per heavy atom. The maximum atomic E-state index is 9.39. The highest BCUT2D eigenvalue weighted by atomic mass is 14.6. The molecule has 2 aromatic carbocycles. The lowest BCUT2D eigenvalue weighted by atomic mass is 9.98. The Morgan fingerprint density at radius 1 is 0.808 bits per heavy atom. The van der Waals surface area contributed by atoms with Crippen molar-refractivity contribution in [3.05, 3.63) is 81.9 Å². The summed E-state index contributed by atoms with van der Waals surface area (Å²) >= 11 is 0. The second-order valence-corrected chi connectivity index (χ2v) is 6.55. The van der Waals surface area contributed by atoms with E-state index in [0.717, 1.165) is 11.1 Å². The number of hydrogen-bond acceptors (Lipinski definition) is 3. The van der Waals surface area contributed by atoms with E-state index in [9.17, 15) is 10.5 Å². The van der Waals surface area contributed by atoms with Gasteiger partial charge in [0.1, 0.15) is 0 Å². The van der Waals surface area contributed by atoms with Gasteiger partial charge in [-0.2, -0.15) is 10.5 Å². The van der Waals surface area contributed by atoms with E-state index in [0.29, 0.717) is 24.0 Å². The molecule has 2 N–H and O–H groups in total. The molecule has 0 spiro atoms. The van der Waals surface area contributed by atoms with Crippen molar-refractivity contribution < 1.29 is 0 Å². The largest absolute Gasteiger partial charge is 0.327 e. The van der Waals surface area contributed by atoms with Gasteiger partial charge in [-0.1, -0.05) is 59.7 Å². The van der Waals surface area contributed by atoms with Crippen LogP contribution in [0, 0.1) is 36.5 Å². The number of nitrogens with zero attached hydrogens (tertiary/aromatic N) is 2. The lowest BCUT2D eigenvalue weighted by Crippen LogP contribution is -2.20. The highest BCUT2D eigenvalue weighted by Gasteiger charge is 2.10. The van der Waals surface area contributed by atoms with Crippen molar-refractivity contribution in [1.82, 2.24) is 0 Å². The van der Waals surface area contributed by atoms with Crippen molar-refractivity contribution in [2.45, 2.75) is 32.7 Å². The molecule has 0 aromatic heterocycles. The van der Waals surface area contributed by atoms with E-state index < -0.39 is 0 Å². The molecule has 0 unspecified atom stereocenters. The third kappa shape index (κ3) is 6.06. The number of nitrogens with two attached hydrogens (primary N) is 1. The Bertz CT molecular complexity index is 798. The number of hydrogen-bond donors (Lipinski definition) is 1. The Hall–Kier alpha value is -3.14. The van der Waals surface area contributed by atoms with Gasteiger partial charge in [-0.15, -0.1) is 0 Å². The van der Waals surface area contributed by atoms with Crippen LogP contribution in [0.3, 0.4) is 0 Å². The first kappa shape index (κ1) is 19.2. The van der Waals surface area contributed by atoms with E-state index in [4.69, 9.17) is 5.73 Å². The lowest BCUT2D eigenvalue weighted by molar-refractivity contribution is 0.675. The van der Waals surface area contributed by atoms with Crippen LogP contribution in [0.15, 0.2) is 59.7 Å². The van der Waals surface area contributed by atoms with Gasteiger partial charge in [0.05, 0.1) is 12.1 Å².